The maximum atomic E-state index is 12.4. The second-order valence-electron chi connectivity index (χ2n) is 6.43. The molecule has 4 rings (SSSR count). The molecule has 0 amide bonds. The second kappa shape index (κ2) is 7.51. The molecule has 1 aromatic carbocycles. The standard InChI is InChI=1S/C19H15Cl2N5O4/c1-24-14-15(25(2)19(28)26(3)17(14)27)23-18(24)30-11-6-4-10(5-7-11)29-16-12(20)8-9-13(21)22-16/h4-9H,1-3H3. The summed E-state index contributed by atoms with van der Waals surface area (Å²) in [7, 11) is 4.60. The fourth-order valence-electron chi connectivity index (χ4n) is 2.85. The minimum atomic E-state index is -0.466. The Balaban J connectivity index is 1.63. The van der Waals surface area contributed by atoms with Gasteiger partial charge in [-0.2, -0.15) is 9.97 Å². The molecule has 0 aliphatic carbocycles. The van der Waals surface area contributed by atoms with Crippen LogP contribution >= 0.6 is 23.2 Å². The highest BCUT2D eigenvalue weighted by Crippen LogP contribution is 2.30. The summed E-state index contributed by atoms with van der Waals surface area (Å²) in [6, 6.07) is 9.95. The number of pyridine rings is 1. The van der Waals surface area contributed by atoms with E-state index in [0.717, 1.165) is 4.57 Å². The van der Waals surface area contributed by atoms with Gasteiger partial charge in [-0.05, 0) is 36.4 Å². The van der Waals surface area contributed by atoms with Crippen molar-refractivity contribution in [1.29, 1.82) is 0 Å². The van der Waals surface area contributed by atoms with E-state index in [9.17, 15) is 9.59 Å². The van der Waals surface area contributed by atoms with Gasteiger partial charge in [-0.25, -0.2) is 4.79 Å². The van der Waals surface area contributed by atoms with Crippen molar-refractivity contribution in [1.82, 2.24) is 23.7 Å². The van der Waals surface area contributed by atoms with Crippen LogP contribution in [0, 0.1) is 0 Å². The number of aryl methyl sites for hydroxylation is 2. The molecule has 4 aromatic rings. The van der Waals surface area contributed by atoms with E-state index in [-0.39, 0.29) is 28.2 Å². The lowest BCUT2D eigenvalue weighted by Gasteiger charge is -2.08. The lowest BCUT2D eigenvalue weighted by atomic mass is 10.3. The number of hydrogen-bond donors (Lipinski definition) is 0. The Morgan fingerprint density at radius 1 is 0.800 bits per heavy atom. The molecular formula is C19H15Cl2N5O4. The number of halogens is 2. The van der Waals surface area contributed by atoms with Crippen molar-refractivity contribution in [3.05, 3.63) is 67.4 Å². The van der Waals surface area contributed by atoms with Crippen molar-refractivity contribution in [2.45, 2.75) is 0 Å². The molecule has 0 bridgehead atoms. The lowest BCUT2D eigenvalue weighted by molar-refractivity contribution is 0.424. The first kappa shape index (κ1) is 20.0. The zero-order valence-corrected chi connectivity index (χ0v) is 17.6. The quantitative estimate of drug-likeness (QED) is 0.445. The van der Waals surface area contributed by atoms with Crippen LogP contribution in [0.25, 0.3) is 11.2 Å². The van der Waals surface area contributed by atoms with Gasteiger partial charge < -0.3 is 9.47 Å². The summed E-state index contributed by atoms with van der Waals surface area (Å²) >= 11 is 11.9. The first-order valence-corrected chi connectivity index (χ1v) is 9.42. The highest BCUT2D eigenvalue weighted by molar-refractivity contribution is 6.33. The Morgan fingerprint density at radius 3 is 2.10 bits per heavy atom. The number of rotatable bonds is 4. The molecule has 0 aliphatic heterocycles. The highest BCUT2D eigenvalue weighted by atomic mass is 35.5. The summed E-state index contributed by atoms with van der Waals surface area (Å²) in [6.07, 6.45) is 0. The van der Waals surface area contributed by atoms with E-state index in [4.69, 9.17) is 32.7 Å². The van der Waals surface area contributed by atoms with Crippen LogP contribution in [0.5, 0.6) is 23.4 Å². The fourth-order valence-corrected chi connectivity index (χ4v) is 3.14. The SMILES string of the molecule is Cn1c(=O)c2c(nc(Oc3ccc(Oc4nc(Cl)ccc4Cl)cc3)n2C)n(C)c1=O. The number of imidazole rings is 1. The van der Waals surface area contributed by atoms with Crippen molar-refractivity contribution in [3.8, 4) is 23.4 Å². The number of nitrogens with zero attached hydrogens (tertiary/aromatic N) is 5. The predicted octanol–water partition coefficient (Wildman–Crippen LogP) is 3.26. The van der Waals surface area contributed by atoms with Gasteiger partial charge in [-0.3, -0.25) is 18.5 Å². The first-order valence-electron chi connectivity index (χ1n) is 8.66. The third-order valence-electron chi connectivity index (χ3n) is 4.46. The van der Waals surface area contributed by atoms with Gasteiger partial charge in [-0.15, -0.1) is 0 Å². The van der Waals surface area contributed by atoms with Crippen molar-refractivity contribution in [3.63, 3.8) is 0 Å². The summed E-state index contributed by atoms with van der Waals surface area (Å²) in [5.74, 6) is 1.11. The van der Waals surface area contributed by atoms with Crippen LogP contribution in [0.3, 0.4) is 0 Å². The molecule has 3 heterocycles. The van der Waals surface area contributed by atoms with Gasteiger partial charge >= 0.3 is 11.7 Å². The Bertz CT molecular complexity index is 1390. The van der Waals surface area contributed by atoms with E-state index in [2.05, 4.69) is 9.97 Å². The average Bonchev–Trinajstić information content (AvgIpc) is 3.05. The summed E-state index contributed by atoms with van der Waals surface area (Å²) in [5.41, 5.74) is -0.419. The predicted molar refractivity (Wildman–Crippen MR) is 112 cm³/mol. The molecule has 9 nitrogen and oxygen atoms in total. The topological polar surface area (TPSA) is 93.2 Å². The van der Waals surface area contributed by atoms with Gasteiger partial charge in [0, 0.05) is 21.1 Å². The fraction of sp³-hybridized carbons (Fsp3) is 0.158. The smallest absolute Gasteiger partial charge is 0.332 e. The van der Waals surface area contributed by atoms with Crippen LogP contribution in [-0.2, 0) is 21.1 Å². The molecule has 0 spiro atoms. The zero-order valence-electron chi connectivity index (χ0n) is 16.1. The van der Waals surface area contributed by atoms with Crippen molar-refractivity contribution in [2.24, 2.45) is 21.1 Å². The molecule has 0 fully saturated rings. The minimum absolute atomic E-state index is 0.163. The molecule has 3 aromatic heterocycles. The molecule has 154 valence electrons. The number of ether oxygens (including phenoxy) is 2. The van der Waals surface area contributed by atoms with E-state index in [1.54, 1.807) is 50.5 Å². The highest BCUT2D eigenvalue weighted by Gasteiger charge is 2.18. The monoisotopic (exact) mass is 447 g/mol. The molecule has 0 aliphatic rings. The van der Waals surface area contributed by atoms with Crippen LogP contribution in [0.4, 0.5) is 0 Å². The molecule has 0 radical (unpaired) electrons. The number of aromatic nitrogens is 5. The Hall–Kier alpha value is -3.30. The van der Waals surface area contributed by atoms with Gasteiger partial charge in [0.1, 0.15) is 21.7 Å². The van der Waals surface area contributed by atoms with Gasteiger partial charge in [0.25, 0.3) is 5.56 Å². The average molecular weight is 448 g/mol. The molecule has 11 heteroatoms. The lowest BCUT2D eigenvalue weighted by Crippen LogP contribution is -2.37. The third-order valence-corrected chi connectivity index (χ3v) is 4.96. The van der Waals surface area contributed by atoms with E-state index < -0.39 is 11.2 Å². The van der Waals surface area contributed by atoms with Gasteiger partial charge in [-0.1, -0.05) is 23.2 Å². The maximum Gasteiger partial charge on any atom is 0.332 e. The van der Waals surface area contributed by atoms with Gasteiger partial charge in [0.2, 0.25) is 5.88 Å². The minimum Gasteiger partial charge on any atom is -0.437 e. The van der Waals surface area contributed by atoms with Crippen molar-refractivity contribution in [2.75, 3.05) is 0 Å². The number of fused-ring (bicyclic) bond motifs is 1. The molecule has 0 unspecified atom stereocenters. The molecule has 0 N–H and O–H groups in total. The van der Waals surface area contributed by atoms with Crippen LogP contribution in [-0.4, -0.2) is 23.7 Å². The molecule has 0 saturated carbocycles. The van der Waals surface area contributed by atoms with Gasteiger partial charge in [0.15, 0.2) is 11.2 Å². The molecular weight excluding hydrogens is 433 g/mol. The van der Waals surface area contributed by atoms with E-state index in [1.165, 1.54) is 16.2 Å². The Morgan fingerprint density at radius 2 is 1.43 bits per heavy atom. The summed E-state index contributed by atoms with van der Waals surface area (Å²) < 4.78 is 15.3. The molecule has 0 saturated heterocycles. The van der Waals surface area contributed by atoms with Gasteiger partial charge in [0.05, 0.1) is 0 Å². The Labute approximate surface area is 179 Å². The largest absolute Gasteiger partial charge is 0.437 e. The molecule has 0 atom stereocenters. The second-order valence-corrected chi connectivity index (χ2v) is 7.22. The maximum absolute atomic E-state index is 12.4. The van der Waals surface area contributed by atoms with E-state index >= 15 is 0 Å². The van der Waals surface area contributed by atoms with Crippen LogP contribution in [0.2, 0.25) is 10.2 Å². The van der Waals surface area contributed by atoms with Crippen molar-refractivity contribution >= 4 is 34.4 Å². The Kier molecular flexibility index (Phi) is 5.00. The van der Waals surface area contributed by atoms with Crippen LogP contribution < -0.4 is 20.7 Å². The first-order chi connectivity index (χ1) is 14.3. The number of hydrogen-bond acceptors (Lipinski definition) is 6. The summed E-state index contributed by atoms with van der Waals surface area (Å²) in [5, 5.41) is 0.586. The van der Waals surface area contributed by atoms with E-state index in [0.29, 0.717) is 16.5 Å². The van der Waals surface area contributed by atoms with Crippen molar-refractivity contribution < 1.29 is 9.47 Å². The third kappa shape index (κ3) is 3.42. The summed E-state index contributed by atoms with van der Waals surface area (Å²) in [6.45, 7) is 0. The van der Waals surface area contributed by atoms with Crippen LogP contribution in [0.1, 0.15) is 0 Å². The summed E-state index contributed by atoms with van der Waals surface area (Å²) in [4.78, 5) is 32.9. The van der Waals surface area contributed by atoms with Crippen LogP contribution in [0.15, 0.2) is 46.0 Å². The van der Waals surface area contributed by atoms with E-state index in [1.807, 2.05) is 0 Å². The number of benzene rings is 1. The normalized spacial score (nSPS) is 11.1. The zero-order chi connectivity index (χ0) is 21.6. The molecule has 30 heavy (non-hydrogen) atoms.